The molecule has 0 atom stereocenters. The van der Waals surface area contributed by atoms with Crippen LogP contribution in [-0.4, -0.2) is 30.9 Å². The van der Waals surface area contributed by atoms with Gasteiger partial charge in [0, 0.05) is 17.6 Å². The number of nitrogens with zero attached hydrogens (tertiary/aromatic N) is 1. The Balaban J connectivity index is 2.39. The maximum absolute atomic E-state index is 12.9. The molecule has 0 aromatic heterocycles. The molecule has 118 valence electrons. The molecule has 0 aliphatic heterocycles. The predicted molar refractivity (Wildman–Crippen MR) is 86.6 cm³/mol. The lowest BCUT2D eigenvalue weighted by molar-refractivity contribution is 0.250. The van der Waals surface area contributed by atoms with Gasteiger partial charge < -0.3 is 5.11 Å². The van der Waals surface area contributed by atoms with Crippen molar-refractivity contribution in [1.82, 2.24) is 4.31 Å². The van der Waals surface area contributed by atoms with Crippen molar-refractivity contribution >= 4 is 26.0 Å². The van der Waals surface area contributed by atoms with Crippen LogP contribution in [0.1, 0.15) is 37.3 Å². The van der Waals surface area contributed by atoms with Gasteiger partial charge in [0.2, 0.25) is 10.0 Å². The van der Waals surface area contributed by atoms with Crippen molar-refractivity contribution in [2.24, 2.45) is 5.92 Å². The van der Waals surface area contributed by atoms with E-state index in [-0.39, 0.29) is 11.5 Å². The lowest BCUT2D eigenvalue weighted by atomic mass is 9.85. The number of aryl methyl sites for hydroxylation is 1. The maximum atomic E-state index is 12.9. The Labute approximate surface area is 135 Å². The molecule has 21 heavy (non-hydrogen) atoms. The van der Waals surface area contributed by atoms with Crippen LogP contribution in [0, 0.1) is 12.8 Å². The van der Waals surface area contributed by atoms with Gasteiger partial charge in [-0.25, -0.2) is 8.42 Å². The minimum atomic E-state index is -3.53. The van der Waals surface area contributed by atoms with Crippen molar-refractivity contribution in [3.05, 3.63) is 27.7 Å². The highest BCUT2D eigenvalue weighted by Gasteiger charge is 2.30. The van der Waals surface area contributed by atoms with Crippen LogP contribution in [0.15, 0.2) is 21.5 Å². The molecule has 1 fully saturated rings. The Morgan fingerprint density at radius 1 is 1.38 bits per heavy atom. The summed E-state index contributed by atoms with van der Waals surface area (Å²) in [5.41, 5.74) is 1.44. The summed E-state index contributed by atoms with van der Waals surface area (Å²) < 4.78 is 27.9. The number of rotatable bonds is 6. The molecule has 0 heterocycles. The van der Waals surface area contributed by atoms with E-state index in [1.807, 2.05) is 13.8 Å². The van der Waals surface area contributed by atoms with Gasteiger partial charge in [-0.05, 0) is 58.8 Å². The molecule has 1 aromatic carbocycles. The third-order valence-electron chi connectivity index (χ3n) is 4.12. The summed E-state index contributed by atoms with van der Waals surface area (Å²) in [7, 11) is -3.53. The fourth-order valence-corrected chi connectivity index (χ4v) is 5.14. The molecular weight excluding hydrogens is 354 g/mol. The van der Waals surface area contributed by atoms with E-state index in [2.05, 4.69) is 15.9 Å². The third kappa shape index (κ3) is 3.50. The minimum Gasteiger partial charge on any atom is -0.392 e. The molecule has 2 rings (SSSR count). The van der Waals surface area contributed by atoms with Crippen LogP contribution in [0.3, 0.4) is 0 Å². The van der Waals surface area contributed by atoms with Crippen molar-refractivity contribution in [1.29, 1.82) is 0 Å². The Hall–Kier alpha value is -0.430. The molecule has 0 spiro atoms. The maximum Gasteiger partial charge on any atom is 0.244 e. The van der Waals surface area contributed by atoms with Crippen LogP contribution in [0.25, 0.3) is 0 Å². The van der Waals surface area contributed by atoms with Crippen LogP contribution < -0.4 is 0 Å². The quantitative estimate of drug-likeness (QED) is 0.830. The highest BCUT2D eigenvalue weighted by Crippen LogP contribution is 2.32. The lowest BCUT2D eigenvalue weighted by Crippen LogP contribution is -2.37. The predicted octanol–water partition coefficient (Wildman–Crippen LogP) is 3.06. The summed E-state index contributed by atoms with van der Waals surface area (Å²) in [6, 6.07) is 3.36. The van der Waals surface area contributed by atoms with Gasteiger partial charge in [0.25, 0.3) is 0 Å². The Bertz CT molecular complexity index is 612. The second-order valence-corrected chi connectivity index (χ2v) is 8.33. The number of sulfonamides is 1. The standard InChI is InChI=1S/C15H22BrNO3S/c1-3-17(9-12-5-4-6-12)21(19,20)14-8-13(10-18)7-11(2)15(14)16/h7-8,12,18H,3-6,9-10H2,1-2H3. The topological polar surface area (TPSA) is 57.6 Å². The number of aliphatic hydroxyl groups is 1. The summed E-state index contributed by atoms with van der Waals surface area (Å²) in [6.45, 7) is 4.60. The van der Waals surface area contributed by atoms with Crippen LogP contribution in [-0.2, 0) is 16.6 Å². The van der Waals surface area contributed by atoms with E-state index in [4.69, 9.17) is 0 Å². The molecule has 0 radical (unpaired) electrons. The van der Waals surface area contributed by atoms with Crippen molar-refractivity contribution < 1.29 is 13.5 Å². The normalized spacial score (nSPS) is 16.2. The molecule has 0 amide bonds. The van der Waals surface area contributed by atoms with Gasteiger partial charge >= 0.3 is 0 Å². The van der Waals surface area contributed by atoms with Crippen LogP contribution >= 0.6 is 15.9 Å². The average molecular weight is 376 g/mol. The first kappa shape index (κ1) is 16.9. The SMILES string of the molecule is CCN(CC1CCC1)S(=O)(=O)c1cc(CO)cc(C)c1Br. The average Bonchev–Trinajstić information content (AvgIpc) is 2.40. The van der Waals surface area contributed by atoms with Crippen molar-refractivity contribution in [3.63, 3.8) is 0 Å². The third-order valence-corrected chi connectivity index (χ3v) is 7.40. The smallest absolute Gasteiger partial charge is 0.244 e. The van der Waals surface area contributed by atoms with Crippen molar-refractivity contribution in [3.8, 4) is 0 Å². The molecule has 1 aromatic rings. The number of hydrogen-bond acceptors (Lipinski definition) is 3. The molecule has 1 aliphatic rings. The Kier molecular flexibility index (Phi) is 5.46. The summed E-state index contributed by atoms with van der Waals surface area (Å²) in [5.74, 6) is 0.487. The summed E-state index contributed by atoms with van der Waals surface area (Å²) in [4.78, 5) is 0.257. The fourth-order valence-electron chi connectivity index (χ4n) is 2.59. The second kappa shape index (κ2) is 6.77. The zero-order chi connectivity index (χ0) is 15.6. The molecule has 0 bridgehead atoms. The largest absolute Gasteiger partial charge is 0.392 e. The van der Waals surface area contributed by atoms with Crippen LogP contribution in [0.4, 0.5) is 0 Å². The molecule has 1 N–H and O–H groups in total. The van der Waals surface area contributed by atoms with Crippen molar-refractivity contribution in [2.45, 2.75) is 44.6 Å². The van der Waals surface area contributed by atoms with E-state index in [9.17, 15) is 13.5 Å². The molecule has 4 nitrogen and oxygen atoms in total. The van der Waals surface area contributed by atoms with Crippen LogP contribution in [0.5, 0.6) is 0 Å². The van der Waals surface area contributed by atoms with E-state index in [1.54, 1.807) is 16.4 Å². The molecule has 1 saturated carbocycles. The first-order valence-electron chi connectivity index (χ1n) is 7.30. The van der Waals surface area contributed by atoms with E-state index in [1.165, 1.54) is 6.42 Å². The molecule has 0 unspecified atom stereocenters. The van der Waals surface area contributed by atoms with Crippen molar-refractivity contribution in [2.75, 3.05) is 13.1 Å². The minimum absolute atomic E-state index is 0.161. The zero-order valence-electron chi connectivity index (χ0n) is 12.5. The highest BCUT2D eigenvalue weighted by molar-refractivity contribution is 9.10. The van der Waals surface area contributed by atoms with E-state index in [0.717, 1.165) is 18.4 Å². The Morgan fingerprint density at radius 2 is 2.05 bits per heavy atom. The van der Waals surface area contributed by atoms with Gasteiger partial charge in [-0.2, -0.15) is 4.31 Å². The second-order valence-electron chi connectivity index (χ2n) is 5.64. The first-order valence-corrected chi connectivity index (χ1v) is 9.53. The first-order chi connectivity index (χ1) is 9.90. The summed E-state index contributed by atoms with van der Waals surface area (Å²) in [6.07, 6.45) is 3.43. The monoisotopic (exact) mass is 375 g/mol. The number of halogens is 1. The zero-order valence-corrected chi connectivity index (χ0v) is 14.9. The van der Waals surface area contributed by atoms with Gasteiger partial charge in [0.15, 0.2) is 0 Å². The summed E-state index contributed by atoms with van der Waals surface area (Å²) >= 11 is 3.39. The molecule has 0 saturated heterocycles. The van der Waals surface area contributed by atoms with Gasteiger partial charge in [0.1, 0.15) is 0 Å². The molecule has 1 aliphatic carbocycles. The summed E-state index contributed by atoms with van der Waals surface area (Å²) in [5, 5.41) is 9.31. The number of aliphatic hydroxyl groups excluding tert-OH is 1. The van der Waals surface area contributed by atoms with E-state index in [0.29, 0.717) is 29.0 Å². The lowest BCUT2D eigenvalue weighted by Gasteiger charge is -2.31. The van der Waals surface area contributed by atoms with Gasteiger partial charge in [-0.1, -0.05) is 19.4 Å². The van der Waals surface area contributed by atoms with E-state index < -0.39 is 10.0 Å². The number of benzene rings is 1. The Morgan fingerprint density at radius 3 is 2.52 bits per heavy atom. The van der Waals surface area contributed by atoms with Gasteiger partial charge in [-0.15, -0.1) is 0 Å². The van der Waals surface area contributed by atoms with Crippen LogP contribution in [0.2, 0.25) is 0 Å². The molecular formula is C15H22BrNO3S. The van der Waals surface area contributed by atoms with E-state index >= 15 is 0 Å². The fraction of sp³-hybridized carbons (Fsp3) is 0.600. The van der Waals surface area contributed by atoms with Gasteiger partial charge in [0.05, 0.1) is 11.5 Å². The number of hydrogen-bond donors (Lipinski definition) is 1. The molecule has 6 heteroatoms. The van der Waals surface area contributed by atoms with Gasteiger partial charge in [-0.3, -0.25) is 0 Å². The highest BCUT2D eigenvalue weighted by atomic mass is 79.9.